The minimum absolute atomic E-state index is 0. The maximum absolute atomic E-state index is 5.51. The molecule has 2 N–H and O–H groups in total. The molecule has 2 aliphatic heterocycles. The second-order valence-electron chi connectivity index (χ2n) is 3.29. The normalized spacial score (nSPS) is 40.2. The smallest absolute Gasteiger partial charge is 0.115 e. The molecule has 72 valence electrons. The van der Waals surface area contributed by atoms with Gasteiger partial charge in [-0.3, -0.25) is 0 Å². The van der Waals surface area contributed by atoms with Gasteiger partial charge < -0.3 is 14.9 Å². The van der Waals surface area contributed by atoms with Gasteiger partial charge in [0.2, 0.25) is 0 Å². The summed E-state index contributed by atoms with van der Waals surface area (Å²) in [4.78, 5) is 0.0784. The fourth-order valence-electron chi connectivity index (χ4n) is 1.40. The third kappa shape index (κ3) is 2.13. The molecule has 2 unspecified atom stereocenters. The molecule has 0 aromatic heterocycles. The number of hydrogen-bond acceptors (Lipinski definition) is 3. The molecule has 2 fully saturated rings. The Labute approximate surface area is 77.1 Å². The molecule has 0 spiro atoms. The molecule has 0 amide bonds. The Balaban J connectivity index is 0.000000720. The highest BCUT2D eigenvalue weighted by atomic mass is 32.2. The molecule has 2 saturated heterocycles. The Bertz CT molecular complexity index is 141. The Morgan fingerprint density at radius 2 is 2.17 bits per heavy atom. The minimum Gasteiger partial charge on any atom is -0.412 e. The van der Waals surface area contributed by atoms with E-state index in [1.54, 1.807) is 0 Å². The number of rotatable bonds is 2. The van der Waals surface area contributed by atoms with Crippen LogP contribution in [0.2, 0.25) is 0 Å². The lowest BCUT2D eigenvalue weighted by Crippen LogP contribution is -2.38. The Hall–Kier alpha value is 0.230. The molecular formula is C8H16O3S. The minimum atomic E-state index is 0. The van der Waals surface area contributed by atoms with Gasteiger partial charge in [0.1, 0.15) is 10.4 Å². The van der Waals surface area contributed by atoms with E-state index in [2.05, 4.69) is 6.92 Å². The average Bonchev–Trinajstić information content (AvgIpc) is 2.36. The van der Waals surface area contributed by atoms with E-state index in [1.807, 2.05) is 11.8 Å². The fraction of sp³-hybridized carbons (Fsp3) is 1.00. The van der Waals surface area contributed by atoms with Gasteiger partial charge in [-0.1, -0.05) is 11.8 Å². The molecule has 2 atom stereocenters. The zero-order valence-electron chi connectivity index (χ0n) is 7.34. The summed E-state index contributed by atoms with van der Waals surface area (Å²) in [6.07, 6.45) is 3.59. The van der Waals surface area contributed by atoms with Crippen LogP contribution in [0, 0.1) is 0 Å². The van der Waals surface area contributed by atoms with Gasteiger partial charge in [-0.2, -0.15) is 0 Å². The zero-order chi connectivity index (χ0) is 7.73. The van der Waals surface area contributed by atoms with Crippen LogP contribution in [-0.4, -0.2) is 29.1 Å². The third-order valence-corrected chi connectivity index (χ3v) is 3.69. The summed E-state index contributed by atoms with van der Waals surface area (Å²) in [5.41, 5.74) is 0.403. The molecule has 12 heavy (non-hydrogen) atoms. The van der Waals surface area contributed by atoms with Crippen LogP contribution < -0.4 is 0 Å². The van der Waals surface area contributed by atoms with Crippen molar-refractivity contribution < 1.29 is 14.9 Å². The van der Waals surface area contributed by atoms with Crippen LogP contribution in [0.15, 0.2) is 0 Å². The van der Waals surface area contributed by atoms with Crippen molar-refractivity contribution in [1.29, 1.82) is 0 Å². The van der Waals surface area contributed by atoms with E-state index in [1.165, 1.54) is 19.3 Å². The number of hydrogen-bond donors (Lipinski definition) is 0. The molecule has 0 saturated carbocycles. The van der Waals surface area contributed by atoms with Gasteiger partial charge >= 0.3 is 0 Å². The first-order valence-electron chi connectivity index (χ1n) is 4.22. The van der Waals surface area contributed by atoms with Gasteiger partial charge in [-0.05, 0) is 19.8 Å². The van der Waals surface area contributed by atoms with E-state index in [-0.39, 0.29) is 10.4 Å². The van der Waals surface area contributed by atoms with E-state index < -0.39 is 0 Å². The van der Waals surface area contributed by atoms with Crippen molar-refractivity contribution >= 4 is 11.8 Å². The van der Waals surface area contributed by atoms with E-state index in [0.717, 1.165) is 13.2 Å². The molecular weight excluding hydrogens is 176 g/mol. The van der Waals surface area contributed by atoms with Crippen molar-refractivity contribution in [1.82, 2.24) is 0 Å². The van der Waals surface area contributed by atoms with Crippen molar-refractivity contribution in [2.45, 2.75) is 36.6 Å². The lowest BCUT2D eigenvalue weighted by Gasteiger charge is -2.39. The summed E-state index contributed by atoms with van der Waals surface area (Å²) in [6.45, 7) is 4.02. The molecule has 0 radical (unpaired) electrons. The van der Waals surface area contributed by atoms with E-state index in [0.29, 0.717) is 5.44 Å². The van der Waals surface area contributed by atoms with Gasteiger partial charge in [0, 0.05) is 13.0 Å². The maximum atomic E-state index is 5.51. The molecule has 0 aromatic carbocycles. The molecule has 2 rings (SSSR count). The summed E-state index contributed by atoms with van der Waals surface area (Å²) in [5, 5.41) is 0. The van der Waals surface area contributed by atoms with Crippen LogP contribution >= 0.6 is 11.8 Å². The van der Waals surface area contributed by atoms with Crippen LogP contribution in [-0.2, 0) is 9.47 Å². The van der Waals surface area contributed by atoms with Crippen LogP contribution in [0.3, 0.4) is 0 Å². The van der Waals surface area contributed by atoms with Crippen molar-refractivity contribution in [3.63, 3.8) is 0 Å². The summed E-state index contributed by atoms with van der Waals surface area (Å²) in [5.74, 6) is 0. The monoisotopic (exact) mass is 192 g/mol. The first-order chi connectivity index (χ1) is 5.29. The predicted octanol–water partition coefficient (Wildman–Crippen LogP) is 1.17. The van der Waals surface area contributed by atoms with Gasteiger partial charge in [-0.15, -0.1) is 0 Å². The average molecular weight is 192 g/mol. The van der Waals surface area contributed by atoms with Crippen molar-refractivity contribution in [3.8, 4) is 0 Å². The van der Waals surface area contributed by atoms with Gasteiger partial charge in [0.15, 0.2) is 0 Å². The highest BCUT2D eigenvalue weighted by Gasteiger charge is 2.37. The first-order valence-corrected chi connectivity index (χ1v) is 5.10. The van der Waals surface area contributed by atoms with Crippen LogP contribution in [0.1, 0.15) is 26.2 Å². The highest BCUT2D eigenvalue weighted by molar-refractivity contribution is 8.01. The van der Waals surface area contributed by atoms with Crippen LogP contribution in [0.25, 0.3) is 0 Å². The molecule has 2 aliphatic rings. The summed E-state index contributed by atoms with van der Waals surface area (Å²) in [7, 11) is 0. The lowest BCUT2D eigenvalue weighted by atomic mass is 10.2. The summed E-state index contributed by atoms with van der Waals surface area (Å²) in [6, 6.07) is 0. The fourth-order valence-corrected chi connectivity index (χ4v) is 2.76. The Morgan fingerprint density at radius 1 is 1.42 bits per heavy atom. The van der Waals surface area contributed by atoms with Gasteiger partial charge in [0.05, 0.1) is 6.61 Å². The van der Waals surface area contributed by atoms with E-state index in [4.69, 9.17) is 9.47 Å². The standard InChI is InChI=1S/C8H14O2S.H2O/c1-8(4-6-10-8)11-7-3-2-5-9-7;/h7H,2-6H2,1H3;1H2. The number of thioether (sulfide) groups is 1. The van der Waals surface area contributed by atoms with Gasteiger partial charge in [0.25, 0.3) is 0 Å². The van der Waals surface area contributed by atoms with Crippen molar-refractivity contribution in [2.75, 3.05) is 13.2 Å². The SMILES string of the molecule is CC1(SC2CCCO2)CCO1.O. The summed E-state index contributed by atoms with van der Waals surface area (Å²) < 4.78 is 11.0. The summed E-state index contributed by atoms with van der Waals surface area (Å²) >= 11 is 1.85. The lowest BCUT2D eigenvalue weighted by molar-refractivity contribution is -0.0672. The molecule has 4 heteroatoms. The maximum Gasteiger partial charge on any atom is 0.115 e. The highest BCUT2D eigenvalue weighted by Crippen LogP contribution is 2.42. The second-order valence-corrected chi connectivity index (χ2v) is 4.92. The molecule has 0 aromatic rings. The topological polar surface area (TPSA) is 50.0 Å². The van der Waals surface area contributed by atoms with Crippen molar-refractivity contribution in [2.24, 2.45) is 0 Å². The predicted molar refractivity (Wildman–Crippen MR) is 49.2 cm³/mol. The third-order valence-electron chi connectivity index (χ3n) is 2.23. The molecule has 0 aliphatic carbocycles. The quantitative estimate of drug-likeness (QED) is 0.660. The molecule has 2 heterocycles. The second kappa shape index (κ2) is 3.96. The van der Waals surface area contributed by atoms with E-state index >= 15 is 0 Å². The van der Waals surface area contributed by atoms with Crippen LogP contribution in [0.4, 0.5) is 0 Å². The molecule has 0 bridgehead atoms. The van der Waals surface area contributed by atoms with Crippen LogP contribution in [0.5, 0.6) is 0 Å². The Morgan fingerprint density at radius 3 is 2.58 bits per heavy atom. The van der Waals surface area contributed by atoms with Crippen molar-refractivity contribution in [3.05, 3.63) is 0 Å². The van der Waals surface area contributed by atoms with E-state index in [9.17, 15) is 0 Å². The zero-order valence-corrected chi connectivity index (χ0v) is 8.15. The molecule has 3 nitrogen and oxygen atoms in total. The Kier molecular flexibility index (Phi) is 3.40. The first kappa shape index (κ1) is 10.3. The van der Waals surface area contributed by atoms with Gasteiger partial charge in [-0.25, -0.2) is 0 Å². The largest absolute Gasteiger partial charge is 0.412 e. The number of ether oxygens (including phenoxy) is 2.